The first-order chi connectivity index (χ1) is 7.16. The van der Waals surface area contributed by atoms with Crippen molar-refractivity contribution in [2.45, 2.75) is 20.8 Å². The lowest BCUT2D eigenvalue weighted by molar-refractivity contribution is 1.22. The van der Waals surface area contributed by atoms with E-state index in [0.29, 0.717) is 0 Å². The summed E-state index contributed by atoms with van der Waals surface area (Å²) in [7, 11) is 0. The van der Waals surface area contributed by atoms with Crippen LogP contribution in [0.3, 0.4) is 0 Å². The van der Waals surface area contributed by atoms with Gasteiger partial charge in [0, 0.05) is 11.8 Å². The van der Waals surface area contributed by atoms with Crippen LogP contribution in [0.2, 0.25) is 0 Å². The highest BCUT2D eigenvalue weighted by Gasteiger charge is 2.00. The maximum Gasteiger partial charge on any atom is 0.0704 e. The Morgan fingerprint density at radius 1 is 0.933 bits per heavy atom. The maximum absolute atomic E-state index is 4.45. The molecule has 1 aromatic heterocycles. The Morgan fingerprint density at radius 3 is 2.40 bits per heavy atom. The summed E-state index contributed by atoms with van der Waals surface area (Å²) in [4.78, 5) is 4.45. The third-order valence-electron chi connectivity index (χ3n) is 2.69. The van der Waals surface area contributed by atoms with E-state index in [2.05, 4.69) is 56.1 Å². The second-order valence-corrected chi connectivity index (χ2v) is 4.02. The Morgan fingerprint density at radius 2 is 1.73 bits per heavy atom. The highest BCUT2D eigenvalue weighted by Crippen LogP contribution is 2.20. The Hall–Kier alpha value is -1.63. The van der Waals surface area contributed by atoms with Crippen LogP contribution in [0, 0.1) is 20.8 Å². The zero-order valence-electron chi connectivity index (χ0n) is 9.41. The number of nitrogens with zero attached hydrogens (tertiary/aromatic N) is 1. The molecule has 0 amide bonds. The summed E-state index contributed by atoms with van der Waals surface area (Å²) in [6, 6.07) is 10.6. The highest BCUT2D eigenvalue weighted by molar-refractivity contribution is 5.60. The van der Waals surface area contributed by atoms with Crippen LogP contribution in [-0.2, 0) is 0 Å². The molecule has 2 rings (SSSR count). The van der Waals surface area contributed by atoms with Gasteiger partial charge in [0.05, 0.1) is 5.69 Å². The zero-order valence-corrected chi connectivity index (χ0v) is 9.41. The van der Waals surface area contributed by atoms with Crippen molar-refractivity contribution in [1.82, 2.24) is 4.98 Å². The fourth-order valence-electron chi connectivity index (χ4n) is 1.59. The van der Waals surface area contributed by atoms with Crippen LogP contribution in [0.25, 0.3) is 11.3 Å². The highest BCUT2D eigenvalue weighted by atomic mass is 14.7. The van der Waals surface area contributed by atoms with Crippen LogP contribution in [0.1, 0.15) is 16.7 Å². The predicted molar refractivity (Wildman–Crippen MR) is 63.9 cm³/mol. The summed E-state index contributed by atoms with van der Waals surface area (Å²) in [6.07, 6.45) is 1.94. The molecular formula is C14H15N. The van der Waals surface area contributed by atoms with E-state index in [1.54, 1.807) is 0 Å². The molecule has 0 bridgehead atoms. The van der Waals surface area contributed by atoms with Crippen molar-refractivity contribution in [2.24, 2.45) is 0 Å². The molecule has 0 saturated heterocycles. The van der Waals surface area contributed by atoms with Crippen molar-refractivity contribution in [3.63, 3.8) is 0 Å². The van der Waals surface area contributed by atoms with Crippen LogP contribution in [0.5, 0.6) is 0 Å². The molecule has 0 atom stereocenters. The van der Waals surface area contributed by atoms with Gasteiger partial charge in [-0.15, -0.1) is 0 Å². The van der Waals surface area contributed by atoms with E-state index >= 15 is 0 Å². The maximum atomic E-state index is 4.45. The van der Waals surface area contributed by atoms with E-state index in [1.807, 2.05) is 6.20 Å². The second kappa shape index (κ2) is 3.85. The minimum atomic E-state index is 1.06. The van der Waals surface area contributed by atoms with Crippen molar-refractivity contribution in [3.8, 4) is 11.3 Å². The lowest BCUT2D eigenvalue weighted by atomic mass is 10.1. The van der Waals surface area contributed by atoms with Gasteiger partial charge in [0.25, 0.3) is 0 Å². The predicted octanol–water partition coefficient (Wildman–Crippen LogP) is 3.67. The average Bonchev–Trinajstić information content (AvgIpc) is 2.22. The van der Waals surface area contributed by atoms with E-state index in [0.717, 1.165) is 5.69 Å². The molecular weight excluding hydrogens is 182 g/mol. The second-order valence-electron chi connectivity index (χ2n) is 4.02. The molecule has 15 heavy (non-hydrogen) atoms. The van der Waals surface area contributed by atoms with Crippen molar-refractivity contribution >= 4 is 0 Å². The number of aromatic nitrogens is 1. The van der Waals surface area contributed by atoms with Crippen LogP contribution in [0.15, 0.2) is 36.5 Å². The molecule has 1 nitrogen and oxygen atoms in total. The van der Waals surface area contributed by atoms with E-state index < -0.39 is 0 Å². The van der Waals surface area contributed by atoms with Crippen molar-refractivity contribution in [2.75, 3.05) is 0 Å². The molecule has 0 spiro atoms. The Kier molecular flexibility index (Phi) is 2.55. The topological polar surface area (TPSA) is 12.9 Å². The largest absolute Gasteiger partial charge is 0.256 e. The first-order valence-electron chi connectivity index (χ1n) is 5.17. The Labute approximate surface area is 90.8 Å². The van der Waals surface area contributed by atoms with Crippen LogP contribution in [0.4, 0.5) is 0 Å². The summed E-state index contributed by atoms with van der Waals surface area (Å²) in [6.45, 7) is 6.31. The standard InChI is InChI=1S/C14H15N/c1-10-5-4-6-13(7-10)14-8-11(2)12(3)9-15-14/h4-9H,1-3H3. The number of pyridine rings is 1. The van der Waals surface area contributed by atoms with Gasteiger partial charge in [-0.25, -0.2) is 0 Å². The van der Waals surface area contributed by atoms with Crippen molar-refractivity contribution in [3.05, 3.63) is 53.2 Å². The smallest absolute Gasteiger partial charge is 0.0704 e. The van der Waals surface area contributed by atoms with Gasteiger partial charge in [-0.3, -0.25) is 4.98 Å². The normalized spacial score (nSPS) is 10.3. The molecule has 2 aromatic rings. The first-order valence-corrected chi connectivity index (χ1v) is 5.17. The molecule has 76 valence electrons. The summed E-state index contributed by atoms with van der Waals surface area (Å²) in [5, 5.41) is 0. The summed E-state index contributed by atoms with van der Waals surface area (Å²) >= 11 is 0. The Bertz CT molecular complexity index is 486. The lowest BCUT2D eigenvalue weighted by Gasteiger charge is -2.05. The molecule has 1 heteroatoms. The van der Waals surface area contributed by atoms with Crippen LogP contribution in [-0.4, -0.2) is 4.98 Å². The first kappa shape index (κ1) is 9.91. The average molecular weight is 197 g/mol. The van der Waals surface area contributed by atoms with E-state index in [1.165, 1.54) is 22.3 Å². The van der Waals surface area contributed by atoms with E-state index in [4.69, 9.17) is 0 Å². The monoisotopic (exact) mass is 197 g/mol. The molecule has 1 heterocycles. The van der Waals surface area contributed by atoms with Gasteiger partial charge in [0.1, 0.15) is 0 Å². The molecule has 0 N–H and O–H groups in total. The molecule has 0 aliphatic rings. The summed E-state index contributed by atoms with van der Waals surface area (Å²) in [5.74, 6) is 0. The van der Waals surface area contributed by atoms with Crippen molar-refractivity contribution < 1.29 is 0 Å². The van der Waals surface area contributed by atoms with E-state index in [9.17, 15) is 0 Å². The molecule has 0 unspecified atom stereocenters. The fraction of sp³-hybridized carbons (Fsp3) is 0.214. The minimum absolute atomic E-state index is 1.06. The molecule has 1 aromatic carbocycles. The number of hydrogen-bond donors (Lipinski definition) is 0. The third-order valence-corrected chi connectivity index (χ3v) is 2.69. The summed E-state index contributed by atoms with van der Waals surface area (Å²) < 4.78 is 0. The quantitative estimate of drug-likeness (QED) is 0.679. The number of aryl methyl sites for hydroxylation is 3. The molecule has 0 aliphatic heterocycles. The molecule has 0 radical (unpaired) electrons. The lowest BCUT2D eigenvalue weighted by Crippen LogP contribution is -1.88. The van der Waals surface area contributed by atoms with E-state index in [-0.39, 0.29) is 0 Å². The third kappa shape index (κ3) is 2.07. The van der Waals surface area contributed by atoms with Crippen LogP contribution < -0.4 is 0 Å². The van der Waals surface area contributed by atoms with Crippen LogP contribution >= 0.6 is 0 Å². The van der Waals surface area contributed by atoms with Gasteiger partial charge >= 0.3 is 0 Å². The van der Waals surface area contributed by atoms with Gasteiger partial charge in [-0.1, -0.05) is 23.8 Å². The number of rotatable bonds is 1. The molecule has 0 aliphatic carbocycles. The van der Waals surface area contributed by atoms with Gasteiger partial charge in [0.15, 0.2) is 0 Å². The minimum Gasteiger partial charge on any atom is -0.256 e. The SMILES string of the molecule is Cc1cccc(-c2cc(C)c(C)cn2)c1. The molecule has 0 fully saturated rings. The summed E-state index contributed by atoms with van der Waals surface area (Å²) in [5.41, 5.74) is 6.06. The zero-order chi connectivity index (χ0) is 10.8. The number of hydrogen-bond acceptors (Lipinski definition) is 1. The van der Waals surface area contributed by atoms with Gasteiger partial charge in [-0.2, -0.15) is 0 Å². The fourth-order valence-corrected chi connectivity index (χ4v) is 1.59. The van der Waals surface area contributed by atoms with Gasteiger partial charge in [-0.05, 0) is 44.0 Å². The van der Waals surface area contributed by atoms with Crippen molar-refractivity contribution in [1.29, 1.82) is 0 Å². The molecule has 0 saturated carbocycles. The van der Waals surface area contributed by atoms with Gasteiger partial charge < -0.3 is 0 Å². The Balaban J connectivity index is 2.50. The van der Waals surface area contributed by atoms with Gasteiger partial charge in [0.2, 0.25) is 0 Å². The number of benzene rings is 1.